The van der Waals surface area contributed by atoms with E-state index in [1.807, 2.05) is 161 Å². The molecule has 9 atom stereocenters. The maximum absolute atomic E-state index is 15.3. The summed E-state index contributed by atoms with van der Waals surface area (Å²) < 4.78 is 58.4. The molecule has 5 heterocycles. The van der Waals surface area contributed by atoms with Crippen molar-refractivity contribution in [2.45, 2.75) is 240 Å². The summed E-state index contributed by atoms with van der Waals surface area (Å²) in [5.41, 5.74) is 9.08. The molecule has 0 radical (unpaired) electrons. The zero-order valence-corrected chi connectivity index (χ0v) is 85.4. The van der Waals surface area contributed by atoms with E-state index in [0.717, 1.165) is 63.3 Å². The summed E-state index contributed by atoms with van der Waals surface area (Å²) >= 11 is 18.4. The minimum atomic E-state index is -3.61. The Morgan fingerprint density at radius 3 is 1.57 bits per heavy atom. The van der Waals surface area contributed by atoms with Gasteiger partial charge < -0.3 is 77.3 Å². The van der Waals surface area contributed by atoms with Gasteiger partial charge in [-0.3, -0.25) is 38.4 Å². The lowest BCUT2D eigenvalue weighted by molar-refractivity contribution is -0.129. The summed E-state index contributed by atoms with van der Waals surface area (Å²) in [6.45, 7) is 24.2. The summed E-state index contributed by atoms with van der Waals surface area (Å²) in [6.07, 6.45) is 13.7. The molecule has 36 heteroatoms. The number of sulfonamides is 1. The van der Waals surface area contributed by atoms with E-state index in [-0.39, 0.29) is 120 Å². The summed E-state index contributed by atoms with van der Waals surface area (Å²) in [4.78, 5) is 125. The van der Waals surface area contributed by atoms with E-state index in [9.17, 15) is 51.6 Å². The van der Waals surface area contributed by atoms with Gasteiger partial charge in [0.1, 0.15) is 35.6 Å². The van der Waals surface area contributed by atoms with E-state index in [2.05, 4.69) is 128 Å². The first kappa shape index (κ1) is 112. The number of benzene rings is 7. The Kier molecular flexibility index (Phi) is 44.3. The maximum Gasteiger partial charge on any atom is 0.360 e. The number of aromatic amines is 2. The number of nitrogens with one attached hydrogen (secondary N) is 13. The van der Waals surface area contributed by atoms with E-state index in [0.29, 0.717) is 97.5 Å². The minimum absolute atomic E-state index is 0.00445. The molecule has 13 N–H and O–H groups in total. The van der Waals surface area contributed by atoms with Gasteiger partial charge in [0.25, 0.3) is 0 Å². The highest BCUT2D eigenvalue weighted by Crippen LogP contribution is 2.34. The van der Waals surface area contributed by atoms with E-state index in [1.165, 1.54) is 41.2 Å². The zero-order chi connectivity index (χ0) is 102. The number of pyridine rings is 1. The Balaban J connectivity index is 0.000000211. The monoisotopic (exact) mass is 2010 g/mol. The number of H-pyrrole nitrogens is 2. The number of anilines is 1. The van der Waals surface area contributed by atoms with Crippen molar-refractivity contribution in [1.29, 1.82) is 0 Å². The second-order valence-electron chi connectivity index (χ2n) is 36.6. The minimum Gasteiger partial charge on any atom is -0.494 e. The van der Waals surface area contributed by atoms with Crippen LogP contribution in [0.4, 0.5) is 10.1 Å². The number of nitrogens with zero attached hydrogens (tertiary/aromatic N) is 4. The molecule has 0 saturated carbocycles. The van der Waals surface area contributed by atoms with Gasteiger partial charge in [0.2, 0.25) is 45.5 Å². The van der Waals surface area contributed by atoms with Crippen molar-refractivity contribution < 1.29 is 70.2 Å². The third-order valence-electron chi connectivity index (χ3n) is 22.9. The lowest BCUT2D eigenvalue weighted by Gasteiger charge is -2.28. The molecule has 31 nitrogen and oxygen atoms in total. The quantitative estimate of drug-likeness (QED) is 0.0158. The Morgan fingerprint density at radius 1 is 0.553 bits per heavy atom. The van der Waals surface area contributed by atoms with Crippen LogP contribution in [0.1, 0.15) is 177 Å². The lowest BCUT2D eigenvalue weighted by atomic mass is 9.95. The normalized spacial score (nSPS) is 14.0. The summed E-state index contributed by atoms with van der Waals surface area (Å²) in [5, 5.41) is 41.3. The highest BCUT2D eigenvalue weighted by atomic mass is 35.5. The molecule has 6 amide bonds. The van der Waals surface area contributed by atoms with E-state index >= 15 is 4.39 Å². The SMILES string of the molecule is CC(C)N[C@H](CCc1ccccc1)C(=O)N[C@@H](C)C(=O)CCC1CNc2ccc(Cl)cc2O1.CCOC(=O)c1cn(-c2ccc(OC)c(F)c2CNC(=O)[C@H](C)NC(=O)[C@@H](CCc2ccccc2)NC(C)C)nn1.C[C@H](NC(=O)[C@@H](CCc1ccccc1)NCC(C)(C)C)C(=O)NCc1ccc2[nH]cc(Cl)c2c1.C[C@H](NC(=O)[C@@H](CCc1ccccc1)NS(C)(=O)=O)C(=O)CCc1cnc2[nH]cc(Cl)c2c1. The smallest absolute Gasteiger partial charge is 0.360 e. The number of rotatable bonds is 46. The third kappa shape index (κ3) is 37.5. The van der Waals surface area contributed by atoms with Crippen LogP contribution < -0.4 is 67.4 Å². The first-order chi connectivity index (χ1) is 67.2. The molecule has 0 spiro atoms. The highest BCUT2D eigenvalue weighted by Gasteiger charge is 2.32. The third-order valence-corrected chi connectivity index (χ3v) is 24.5. The Hall–Kier alpha value is -12.5. The van der Waals surface area contributed by atoms with Crippen molar-refractivity contribution in [3.8, 4) is 17.2 Å². The van der Waals surface area contributed by atoms with E-state index in [1.54, 1.807) is 59.3 Å². The molecule has 12 rings (SSSR count). The number of ketones is 2. The van der Waals surface area contributed by atoms with Gasteiger partial charge >= 0.3 is 5.97 Å². The molecule has 0 fully saturated rings. The largest absolute Gasteiger partial charge is 0.494 e. The molecule has 0 aliphatic carbocycles. The molecule has 1 aliphatic heterocycles. The van der Waals surface area contributed by atoms with Gasteiger partial charge in [-0.25, -0.2) is 32.0 Å². The van der Waals surface area contributed by atoms with Crippen LogP contribution in [-0.4, -0.2) is 191 Å². The van der Waals surface area contributed by atoms with Crippen LogP contribution >= 0.6 is 34.8 Å². The van der Waals surface area contributed by atoms with Crippen molar-refractivity contribution in [3.05, 3.63) is 266 Å². The average molecular weight is 2010 g/mol. The van der Waals surface area contributed by atoms with Crippen molar-refractivity contribution in [2.24, 2.45) is 5.41 Å². The molecule has 141 heavy (non-hydrogen) atoms. The number of fused-ring (bicyclic) bond motifs is 3. The number of Topliss-reactive ketones (excluding diaryl/α,β-unsaturated/α-hetero) is 2. The predicted molar refractivity (Wildman–Crippen MR) is 550 cm³/mol. The van der Waals surface area contributed by atoms with Crippen LogP contribution in [0.25, 0.3) is 27.6 Å². The molecule has 756 valence electrons. The zero-order valence-electron chi connectivity index (χ0n) is 82.3. The summed E-state index contributed by atoms with van der Waals surface area (Å²) in [6, 6.07) is 50.8. The first-order valence-corrected chi connectivity index (χ1v) is 50.5. The number of amides is 6. The van der Waals surface area contributed by atoms with Gasteiger partial charge in [-0.15, -0.1) is 5.10 Å². The number of carbonyl (C=O) groups is 9. The van der Waals surface area contributed by atoms with Gasteiger partial charge in [-0.2, -0.15) is 0 Å². The highest BCUT2D eigenvalue weighted by molar-refractivity contribution is 7.88. The number of aryl methyl sites for hydroxylation is 5. The molecule has 11 aromatic rings. The first-order valence-electron chi connectivity index (χ1n) is 47.4. The molecular formula is C105H133Cl3FN17O14S. The van der Waals surface area contributed by atoms with Crippen LogP contribution in [0.5, 0.6) is 11.5 Å². The molecule has 0 saturated heterocycles. The fourth-order valence-corrected chi connectivity index (χ4v) is 16.6. The van der Waals surface area contributed by atoms with Crippen LogP contribution in [0, 0.1) is 11.2 Å². The fraction of sp³-hybridized carbons (Fsp3) is 0.410. The second kappa shape index (κ2) is 55.7. The molecule has 4 aromatic heterocycles. The van der Waals surface area contributed by atoms with Crippen LogP contribution in [0.15, 0.2) is 201 Å². The standard InChI is InChI=1S/C29H37FN6O5.C27H35ClN4O2.C26H34ClN3O3.C23H27ClN4O4S/c1-6-41-29(39)23-17-36(35-34-23)24-14-15-25(40-5)26(30)21(24)16-31-27(37)19(4)33-28(38)22(32-18(2)3)13-12-20-10-8-7-9-11-20;1-18(25(33)30-15-20-11-12-23-21(14-20)22(28)16-29-23)32-26(34)24(31-17-27(2,3)4)13-10-19-8-6-5-7-9-19;1-17(2)29-23(12-9-19-7-5-4-6-8-19)26(32)30-18(3)24(31)14-11-21-16-28-22-13-10-20(27)15-25(22)33-21;1-15(21(29)11-9-17-12-18-19(24)14-26-22(18)25-13-17)27-23(30)20(28-33(2,31)32)10-8-16-6-4-3-5-7-16/h7-11,14-15,17-19,22,32H,6,12-13,16H2,1-5H3,(H,31,37)(H,33,38);5-9,11-12,14,16,18,24,29,31H,10,13,15,17H2,1-4H3,(H,30,33)(H,32,34);4-8,10,13,15,17-18,21,23,28-29H,9,11-12,14,16H2,1-3H3,(H,30,32);3-7,12-15,20,28H,8-11H2,1-2H3,(H,25,26)(H,27,30)/t19-,22+;18-,24+;18-,21?,23+;15-,20+/m0000/s1. The molecule has 1 aliphatic rings. The Labute approximate surface area is 839 Å². The maximum atomic E-state index is 15.3. The van der Waals surface area contributed by atoms with Crippen LogP contribution in [0.3, 0.4) is 0 Å². The van der Waals surface area contributed by atoms with Crippen LogP contribution in [-0.2, 0) is 98.3 Å². The van der Waals surface area contributed by atoms with E-state index < -0.39 is 69.9 Å². The van der Waals surface area contributed by atoms with Gasteiger partial charge in [0.05, 0.1) is 84.3 Å². The average Bonchev–Trinajstić information content (AvgIpc) is 1.75. The molecular weight excluding hydrogens is 1880 g/mol. The van der Waals surface area contributed by atoms with Gasteiger partial charge in [0, 0.05) is 96.1 Å². The predicted octanol–water partition coefficient (Wildman–Crippen LogP) is 14.4. The molecule has 1 unspecified atom stereocenters. The van der Waals surface area contributed by atoms with Crippen molar-refractivity contribution in [3.63, 3.8) is 0 Å². The number of hydrogen-bond acceptors (Lipinski definition) is 21. The van der Waals surface area contributed by atoms with Crippen molar-refractivity contribution >= 4 is 125 Å². The number of aromatic nitrogens is 6. The van der Waals surface area contributed by atoms with Crippen molar-refractivity contribution in [1.82, 2.24) is 82.5 Å². The molecule has 0 bridgehead atoms. The number of hydrogen-bond donors (Lipinski definition) is 13. The summed E-state index contributed by atoms with van der Waals surface area (Å²) in [7, 11) is -2.28. The number of ether oxygens (including phenoxy) is 3. The van der Waals surface area contributed by atoms with Crippen LogP contribution in [0.2, 0.25) is 15.1 Å². The fourth-order valence-electron chi connectivity index (χ4n) is 15.2. The number of carbonyl (C=O) groups excluding carboxylic acids is 9. The number of halogens is 4. The topological polar surface area (TPSA) is 423 Å². The van der Waals surface area contributed by atoms with E-state index in [4.69, 9.17) is 49.0 Å². The number of esters is 1. The van der Waals surface area contributed by atoms with Gasteiger partial charge in [-0.1, -0.05) is 216 Å². The molecule has 7 aromatic carbocycles. The van der Waals surface area contributed by atoms with Gasteiger partial charge in [-0.05, 0) is 180 Å². The number of methoxy groups -OCH3 is 1. The Bertz CT molecular complexity index is 6050. The summed E-state index contributed by atoms with van der Waals surface area (Å²) in [5.74, 6) is -2.75. The second-order valence-corrected chi connectivity index (χ2v) is 39.6. The lowest BCUT2D eigenvalue weighted by Crippen LogP contribution is -2.52. The Morgan fingerprint density at radius 2 is 1.04 bits per heavy atom. The van der Waals surface area contributed by atoms with Crippen molar-refractivity contribution in [2.75, 3.05) is 38.4 Å². The van der Waals surface area contributed by atoms with Gasteiger partial charge in [0.15, 0.2) is 28.8 Å².